The fourth-order valence-electron chi connectivity index (χ4n) is 2.05. The fourth-order valence-corrected chi connectivity index (χ4v) is 2.65. The van der Waals surface area contributed by atoms with Crippen molar-refractivity contribution in [3.63, 3.8) is 0 Å². The molecule has 214 valence electrons. The second-order valence-electron chi connectivity index (χ2n) is 6.52. The predicted octanol–water partition coefficient (Wildman–Crippen LogP) is 3.46. The largest absolute Gasteiger partial charge is 1.00 e. The number of alkyl halides is 15. The molecule has 0 amide bonds. The average molecular weight is 626 g/mol. The van der Waals surface area contributed by atoms with Crippen LogP contribution in [0.3, 0.4) is 0 Å². The Morgan fingerprint density at radius 1 is 0.658 bits per heavy atom. The Labute approximate surface area is 220 Å². The van der Waals surface area contributed by atoms with Gasteiger partial charge in [-0.15, -0.1) is 0 Å². The molecule has 0 heterocycles. The summed E-state index contributed by atoms with van der Waals surface area (Å²) in [6.07, 6.45) is -14.7. The minimum absolute atomic E-state index is 0. The van der Waals surface area contributed by atoms with Crippen LogP contribution in [0.15, 0.2) is 40.8 Å². The molecule has 1 aromatic rings. The number of hydrogen-bond donors (Lipinski definition) is 0. The van der Waals surface area contributed by atoms with Crippen LogP contribution in [0, 0.1) is 0 Å². The van der Waals surface area contributed by atoms with E-state index in [0.717, 1.165) is 0 Å². The molecule has 0 unspecified atom stereocenters. The SMILES string of the molecule is O=S(=O)([O-])c1ccccc1OC(F)(F)C(F)(F)C(F)(F)C(F)(F)/C(F)=C(\F)C(F)(F)C(F)(F)C(F)(F)F.[Na+]. The van der Waals surface area contributed by atoms with E-state index in [1.807, 2.05) is 0 Å². The summed E-state index contributed by atoms with van der Waals surface area (Å²) in [7, 11) is -5.93. The summed E-state index contributed by atoms with van der Waals surface area (Å²) >= 11 is 0. The van der Waals surface area contributed by atoms with E-state index < -0.39 is 74.3 Å². The molecule has 0 fully saturated rings. The van der Waals surface area contributed by atoms with Gasteiger partial charge in [0.15, 0.2) is 0 Å². The third-order valence-corrected chi connectivity index (χ3v) is 4.88. The van der Waals surface area contributed by atoms with Gasteiger partial charge >= 0.3 is 71.5 Å². The minimum atomic E-state index is -8.19. The van der Waals surface area contributed by atoms with Crippen molar-refractivity contribution < 1.29 is 122 Å². The Hall–Kier alpha value is -1.52. The summed E-state index contributed by atoms with van der Waals surface area (Å²) < 4.78 is 259. The molecular weight excluding hydrogens is 622 g/mol. The van der Waals surface area contributed by atoms with Crippen molar-refractivity contribution >= 4 is 10.1 Å². The van der Waals surface area contributed by atoms with E-state index in [1.165, 1.54) is 0 Å². The van der Waals surface area contributed by atoms with Crippen LogP contribution in [-0.2, 0) is 10.1 Å². The molecule has 0 aliphatic rings. The normalized spacial score (nSPS) is 15.5. The third-order valence-electron chi connectivity index (χ3n) is 4.01. The standard InChI is InChI=1S/C15H5F17O4S.Na/c16-7(8(17)10(20,21)12(24,25)14(28,29)30)9(18,19)11(22,23)13(26,27)15(31,32)36-5-3-1-2-4-6(5)37(33,34)35;/h1-4H,(H,33,34,35);/q;+1/p-1/b8-7+;. The molecule has 0 saturated carbocycles. The second kappa shape index (κ2) is 10.5. The number of hydrogen-bond acceptors (Lipinski definition) is 4. The Balaban J connectivity index is 0.0000137. The minimum Gasteiger partial charge on any atom is -0.744 e. The number of benzene rings is 1. The maximum Gasteiger partial charge on any atom is 1.00 e. The summed E-state index contributed by atoms with van der Waals surface area (Å²) in [5, 5.41) is 0. The fraction of sp³-hybridized carbons (Fsp3) is 0.467. The van der Waals surface area contributed by atoms with Crippen LogP contribution in [0.5, 0.6) is 5.75 Å². The van der Waals surface area contributed by atoms with Crippen LogP contribution < -0.4 is 34.3 Å². The Morgan fingerprint density at radius 2 is 1.03 bits per heavy atom. The van der Waals surface area contributed by atoms with Crippen LogP contribution >= 0.6 is 0 Å². The van der Waals surface area contributed by atoms with Crippen LogP contribution in [0.1, 0.15) is 0 Å². The van der Waals surface area contributed by atoms with Gasteiger partial charge in [0.25, 0.3) is 0 Å². The molecule has 1 aromatic carbocycles. The van der Waals surface area contributed by atoms with Crippen molar-refractivity contribution in [3.8, 4) is 5.75 Å². The molecule has 0 aliphatic carbocycles. The van der Waals surface area contributed by atoms with Gasteiger partial charge in [0.05, 0.1) is 4.90 Å². The predicted molar refractivity (Wildman–Crippen MR) is 80.0 cm³/mol. The van der Waals surface area contributed by atoms with Crippen molar-refractivity contribution in [2.75, 3.05) is 0 Å². The van der Waals surface area contributed by atoms with Gasteiger partial charge in [0.1, 0.15) is 15.9 Å². The van der Waals surface area contributed by atoms with Crippen molar-refractivity contribution in [1.82, 2.24) is 0 Å². The van der Waals surface area contributed by atoms with Gasteiger partial charge < -0.3 is 9.29 Å². The number of rotatable bonds is 9. The zero-order valence-electron chi connectivity index (χ0n) is 17.3. The molecule has 38 heavy (non-hydrogen) atoms. The maximum atomic E-state index is 13.8. The first kappa shape index (κ1) is 36.5. The topological polar surface area (TPSA) is 66.4 Å². The molecule has 0 bridgehead atoms. The van der Waals surface area contributed by atoms with E-state index >= 15 is 0 Å². The zero-order chi connectivity index (χ0) is 29.8. The second-order valence-corrected chi connectivity index (χ2v) is 7.87. The number of ether oxygens (including phenoxy) is 1. The van der Waals surface area contributed by atoms with Crippen LogP contribution in [0.25, 0.3) is 0 Å². The molecule has 1 rings (SSSR count). The molecular formula is C15H4F17NaO4S. The van der Waals surface area contributed by atoms with E-state index in [0.29, 0.717) is 12.1 Å². The van der Waals surface area contributed by atoms with E-state index in [4.69, 9.17) is 0 Å². The van der Waals surface area contributed by atoms with E-state index in [1.54, 1.807) is 0 Å². The van der Waals surface area contributed by atoms with Crippen molar-refractivity contribution in [2.45, 2.75) is 46.8 Å². The van der Waals surface area contributed by atoms with Gasteiger partial charge in [0.2, 0.25) is 11.7 Å². The summed E-state index contributed by atoms with van der Waals surface area (Å²) in [6.45, 7) is 0. The van der Waals surface area contributed by atoms with Gasteiger partial charge in [-0.2, -0.15) is 65.9 Å². The van der Waals surface area contributed by atoms with Gasteiger partial charge in [-0.05, 0) is 12.1 Å². The molecule has 23 heteroatoms. The van der Waals surface area contributed by atoms with Gasteiger partial charge in [0, 0.05) is 0 Å². The molecule has 0 aromatic heterocycles. The molecule has 0 aliphatic heterocycles. The number of para-hydroxylation sites is 1. The zero-order valence-corrected chi connectivity index (χ0v) is 20.1. The Morgan fingerprint density at radius 3 is 1.39 bits per heavy atom. The number of halogens is 17. The summed E-state index contributed by atoms with van der Waals surface area (Å²) in [5.74, 6) is -52.8. The quantitative estimate of drug-likeness (QED) is 0.240. The van der Waals surface area contributed by atoms with E-state index in [2.05, 4.69) is 4.74 Å². The molecule has 4 nitrogen and oxygen atoms in total. The average Bonchev–Trinajstić information content (AvgIpc) is 2.70. The summed E-state index contributed by atoms with van der Waals surface area (Å²) in [5.41, 5.74) is 0. The van der Waals surface area contributed by atoms with Crippen LogP contribution in [0.4, 0.5) is 74.6 Å². The van der Waals surface area contributed by atoms with Crippen molar-refractivity contribution in [1.29, 1.82) is 0 Å². The van der Waals surface area contributed by atoms with Crippen molar-refractivity contribution in [3.05, 3.63) is 35.9 Å². The third kappa shape index (κ3) is 5.82. The molecule has 0 N–H and O–H groups in total. The van der Waals surface area contributed by atoms with Gasteiger partial charge in [-0.25, -0.2) is 17.2 Å². The first-order valence-corrected chi connectivity index (χ1v) is 9.56. The maximum absolute atomic E-state index is 13.8. The molecule has 0 spiro atoms. The Kier molecular flexibility index (Phi) is 10.0. The summed E-state index contributed by atoms with van der Waals surface area (Å²) in [6, 6.07) is 0.895. The Bertz CT molecular complexity index is 1160. The molecule has 0 saturated heterocycles. The first-order valence-electron chi connectivity index (χ1n) is 8.15. The molecule has 0 atom stereocenters. The van der Waals surface area contributed by atoms with Gasteiger partial charge in [-0.1, -0.05) is 12.1 Å². The van der Waals surface area contributed by atoms with E-state index in [9.17, 15) is 87.6 Å². The van der Waals surface area contributed by atoms with Crippen LogP contribution in [0.2, 0.25) is 0 Å². The number of allylic oxidation sites excluding steroid dienone is 2. The molecule has 0 radical (unpaired) electrons. The monoisotopic (exact) mass is 626 g/mol. The smallest absolute Gasteiger partial charge is 0.744 e. The van der Waals surface area contributed by atoms with Gasteiger partial charge in [-0.3, -0.25) is 0 Å². The van der Waals surface area contributed by atoms with Crippen molar-refractivity contribution in [2.24, 2.45) is 0 Å². The van der Waals surface area contributed by atoms with Crippen LogP contribution in [-0.4, -0.2) is 54.9 Å². The first-order chi connectivity index (χ1) is 16.0. The van der Waals surface area contributed by atoms with E-state index in [-0.39, 0.29) is 41.7 Å². The summed E-state index contributed by atoms with van der Waals surface area (Å²) in [4.78, 5) is -1.99.